The van der Waals surface area contributed by atoms with Crippen molar-refractivity contribution in [3.63, 3.8) is 0 Å². The van der Waals surface area contributed by atoms with Crippen LogP contribution < -0.4 is 11.0 Å². The molecule has 130 valence electrons. The zero-order chi connectivity index (χ0) is 18.4. The van der Waals surface area contributed by atoms with Crippen LogP contribution in [0.25, 0.3) is 16.7 Å². The molecule has 7 nitrogen and oxygen atoms in total. The van der Waals surface area contributed by atoms with Crippen LogP contribution in [0.5, 0.6) is 0 Å². The molecule has 0 aliphatic carbocycles. The lowest BCUT2D eigenvalue weighted by Gasteiger charge is -2.24. The first kappa shape index (κ1) is 15.9. The van der Waals surface area contributed by atoms with Gasteiger partial charge in [0.15, 0.2) is 0 Å². The Balaban J connectivity index is 1.57. The molecule has 2 aromatic carbocycles. The van der Waals surface area contributed by atoms with Gasteiger partial charge >= 0.3 is 5.69 Å². The molecule has 7 heteroatoms. The quantitative estimate of drug-likeness (QED) is 0.677. The van der Waals surface area contributed by atoms with Crippen molar-refractivity contribution in [3.8, 4) is 0 Å². The highest BCUT2D eigenvalue weighted by molar-refractivity contribution is 6.12. The summed E-state index contributed by atoms with van der Waals surface area (Å²) in [6.07, 6.45) is 0. The van der Waals surface area contributed by atoms with Crippen molar-refractivity contribution in [2.24, 2.45) is 0 Å². The molecule has 0 saturated heterocycles. The second-order valence-corrected chi connectivity index (χ2v) is 6.17. The van der Waals surface area contributed by atoms with E-state index >= 15 is 0 Å². The van der Waals surface area contributed by atoms with Crippen molar-refractivity contribution in [3.05, 3.63) is 70.7 Å². The maximum atomic E-state index is 12.7. The molecule has 0 fully saturated rings. The van der Waals surface area contributed by atoms with Crippen molar-refractivity contribution < 1.29 is 9.59 Å². The summed E-state index contributed by atoms with van der Waals surface area (Å²) in [6, 6.07) is 11.5. The summed E-state index contributed by atoms with van der Waals surface area (Å²) < 4.78 is 0. The van der Waals surface area contributed by atoms with E-state index in [0.717, 1.165) is 5.56 Å². The first-order valence-corrected chi connectivity index (χ1v) is 8.10. The van der Waals surface area contributed by atoms with Gasteiger partial charge in [0.2, 0.25) is 5.91 Å². The minimum Gasteiger partial charge on any atom is -0.324 e. The van der Waals surface area contributed by atoms with Gasteiger partial charge in [-0.25, -0.2) is 4.79 Å². The second-order valence-electron chi connectivity index (χ2n) is 6.17. The number of imidazole rings is 1. The largest absolute Gasteiger partial charge is 0.324 e. The summed E-state index contributed by atoms with van der Waals surface area (Å²) in [6.45, 7) is 5.62. The van der Waals surface area contributed by atoms with Crippen LogP contribution in [-0.4, -0.2) is 32.7 Å². The molecule has 1 aliphatic rings. The van der Waals surface area contributed by atoms with Crippen molar-refractivity contribution in [1.29, 1.82) is 0 Å². The van der Waals surface area contributed by atoms with Crippen molar-refractivity contribution >= 4 is 34.2 Å². The van der Waals surface area contributed by atoms with Gasteiger partial charge in [0.1, 0.15) is 6.04 Å². The van der Waals surface area contributed by atoms with Crippen LogP contribution in [0.15, 0.2) is 53.8 Å². The van der Waals surface area contributed by atoms with E-state index in [-0.39, 0.29) is 17.5 Å². The van der Waals surface area contributed by atoms with E-state index in [9.17, 15) is 14.4 Å². The van der Waals surface area contributed by atoms with Crippen LogP contribution in [0.4, 0.5) is 5.69 Å². The van der Waals surface area contributed by atoms with Gasteiger partial charge in [0.25, 0.3) is 5.91 Å². The SMILES string of the molecule is C=C1c2ccccc2C(=O)N1[C@@H](C)C(=O)Nc1ccc2[nH]c(=O)[nH]c2c1. The Morgan fingerprint density at radius 3 is 2.50 bits per heavy atom. The molecule has 3 N–H and O–H groups in total. The smallest absolute Gasteiger partial charge is 0.323 e. The highest BCUT2D eigenvalue weighted by Gasteiger charge is 2.36. The highest BCUT2D eigenvalue weighted by Crippen LogP contribution is 2.33. The first-order chi connectivity index (χ1) is 12.5. The van der Waals surface area contributed by atoms with E-state index in [2.05, 4.69) is 21.9 Å². The number of amides is 2. The summed E-state index contributed by atoms with van der Waals surface area (Å²) in [5.41, 5.74) is 3.26. The number of anilines is 1. The highest BCUT2D eigenvalue weighted by atomic mass is 16.2. The summed E-state index contributed by atoms with van der Waals surface area (Å²) in [5, 5.41) is 2.78. The number of aromatic nitrogens is 2. The van der Waals surface area contributed by atoms with Gasteiger partial charge < -0.3 is 15.3 Å². The summed E-state index contributed by atoms with van der Waals surface area (Å²) >= 11 is 0. The minimum atomic E-state index is -0.733. The van der Waals surface area contributed by atoms with Gasteiger partial charge in [0.05, 0.1) is 11.0 Å². The van der Waals surface area contributed by atoms with E-state index in [4.69, 9.17) is 0 Å². The van der Waals surface area contributed by atoms with Gasteiger partial charge in [-0.05, 0) is 31.2 Å². The molecule has 0 unspecified atom stereocenters. The molecule has 0 spiro atoms. The third kappa shape index (κ3) is 2.41. The number of nitrogens with one attached hydrogen (secondary N) is 3. The minimum absolute atomic E-state index is 0.237. The van der Waals surface area contributed by atoms with Crippen LogP contribution in [0.2, 0.25) is 0 Å². The zero-order valence-electron chi connectivity index (χ0n) is 14.0. The molecule has 26 heavy (non-hydrogen) atoms. The van der Waals surface area contributed by atoms with Gasteiger partial charge in [-0.2, -0.15) is 0 Å². The lowest BCUT2D eigenvalue weighted by atomic mass is 10.1. The molecule has 0 radical (unpaired) electrons. The Bertz CT molecular complexity index is 1090. The maximum absolute atomic E-state index is 12.7. The molecule has 1 atom stereocenters. The normalized spacial score (nSPS) is 14.6. The van der Waals surface area contributed by atoms with E-state index < -0.39 is 6.04 Å². The Labute approximate surface area is 148 Å². The van der Waals surface area contributed by atoms with Crippen LogP contribution >= 0.6 is 0 Å². The van der Waals surface area contributed by atoms with E-state index in [0.29, 0.717) is 28.0 Å². The number of hydrogen-bond donors (Lipinski definition) is 3. The van der Waals surface area contributed by atoms with Crippen LogP contribution in [0.3, 0.4) is 0 Å². The topological polar surface area (TPSA) is 98.1 Å². The number of H-pyrrole nitrogens is 2. The third-order valence-corrected chi connectivity index (χ3v) is 4.53. The van der Waals surface area contributed by atoms with E-state index in [1.54, 1.807) is 37.3 Å². The summed E-state index contributed by atoms with van der Waals surface area (Å²) in [5.74, 6) is -0.580. The Morgan fingerprint density at radius 2 is 1.77 bits per heavy atom. The van der Waals surface area contributed by atoms with Crippen LogP contribution in [0.1, 0.15) is 22.8 Å². The number of carbonyl (C=O) groups excluding carboxylic acids is 2. The second kappa shape index (κ2) is 5.73. The average Bonchev–Trinajstić information content (AvgIpc) is 3.11. The number of aromatic amines is 2. The number of hydrogen-bond acceptors (Lipinski definition) is 3. The molecule has 2 heterocycles. The molecule has 0 bridgehead atoms. The first-order valence-electron chi connectivity index (χ1n) is 8.10. The van der Waals surface area contributed by atoms with Crippen LogP contribution in [-0.2, 0) is 4.79 Å². The number of carbonyl (C=O) groups is 2. The van der Waals surface area contributed by atoms with Gasteiger partial charge in [-0.3, -0.25) is 14.5 Å². The molecule has 4 rings (SSSR count). The standard InChI is InChI=1S/C19H16N4O3/c1-10-13-5-3-4-6-14(13)18(25)23(10)11(2)17(24)20-12-7-8-15-16(9-12)22-19(26)21-15/h3-9,11H,1H2,2H3,(H,20,24)(H2,21,22,26)/t11-/m0/s1. The summed E-state index contributed by atoms with van der Waals surface area (Å²) in [7, 11) is 0. The number of fused-ring (bicyclic) bond motifs is 2. The predicted molar refractivity (Wildman–Crippen MR) is 98.7 cm³/mol. The average molecular weight is 348 g/mol. The third-order valence-electron chi connectivity index (χ3n) is 4.53. The van der Waals surface area contributed by atoms with Crippen molar-refractivity contribution in [2.45, 2.75) is 13.0 Å². The molecule has 1 aliphatic heterocycles. The number of benzene rings is 2. The van der Waals surface area contributed by atoms with E-state index in [1.165, 1.54) is 4.90 Å². The predicted octanol–water partition coefficient (Wildman–Crippen LogP) is 2.31. The van der Waals surface area contributed by atoms with Gasteiger partial charge in [0, 0.05) is 22.5 Å². The molecular formula is C19H16N4O3. The number of nitrogens with zero attached hydrogens (tertiary/aromatic N) is 1. The Hall–Kier alpha value is -3.61. The monoisotopic (exact) mass is 348 g/mol. The molecule has 1 aromatic heterocycles. The maximum Gasteiger partial charge on any atom is 0.323 e. The molecule has 3 aromatic rings. The fraction of sp³-hybridized carbons (Fsp3) is 0.105. The van der Waals surface area contributed by atoms with Gasteiger partial charge in [-0.15, -0.1) is 0 Å². The van der Waals surface area contributed by atoms with Crippen molar-refractivity contribution in [2.75, 3.05) is 5.32 Å². The Kier molecular flexibility index (Phi) is 3.50. The molecule has 0 saturated carbocycles. The Morgan fingerprint density at radius 1 is 1.08 bits per heavy atom. The molecular weight excluding hydrogens is 332 g/mol. The summed E-state index contributed by atoms with van der Waals surface area (Å²) in [4.78, 5) is 43.3. The lowest BCUT2D eigenvalue weighted by molar-refractivity contribution is -0.119. The molecule has 2 amide bonds. The fourth-order valence-corrected chi connectivity index (χ4v) is 3.19. The van der Waals surface area contributed by atoms with Gasteiger partial charge in [-0.1, -0.05) is 24.8 Å². The van der Waals surface area contributed by atoms with Crippen LogP contribution in [0, 0.1) is 0 Å². The van der Waals surface area contributed by atoms with E-state index in [1.807, 2.05) is 12.1 Å². The fourth-order valence-electron chi connectivity index (χ4n) is 3.19. The van der Waals surface area contributed by atoms with Crippen molar-refractivity contribution in [1.82, 2.24) is 14.9 Å². The zero-order valence-corrected chi connectivity index (χ0v) is 14.0. The lowest BCUT2D eigenvalue weighted by Crippen LogP contribution is -2.41. The number of rotatable bonds is 3.